The van der Waals surface area contributed by atoms with E-state index in [4.69, 9.17) is 0 Å². The Morgan fingerprint density at radius 2 is 2.28 bits per heavy atom. The van der Waals surface area contributed by atoms with Crippen LogP contribution in [0.2, 0.25) is 0 Å². The van der Waals surface area contributed by atoms with Crippen LogP contribution in [0.3, 0.4) is 0 Å². The molecule has 1 aromatic heterocycles. The number of carbonyl (C=O) groups excluding carboxylic acids is 1. The SMILES string of the molecule is O=C1c2c(ccc(O)c2Br)CCC1n1ccnc1. The van der Waals surface area contributed by atoms with Crippen molar-refractivity contribution < 1.29 is 9.90 Å². The van der Waals surface area contributed by atoms with Gasteiger partial charge >= 0.3 is 0 Å². The Morgan fingerprint density at radius 3 is 3.00 bits per heavy atom. The topological polar surface area (TPSA) is 55.1 Å². The summed E-state index contributed by atoms with van der Waals surface area (Å²) in [5, 5.41) is 9.69. The quantitative estimate of drug-likeness (QED) is 0.881. The van der Waals surface area contributed by atoms with Crippen molar-refractivity contribution in [2.45, 2.75) is 18.9 Å². The van der Waals surface area contributed by atoms with E-state index >= 15 is 0 Å². The van der Waals surface area contributed by atoms with E-state index < -0.39 is 0 Å². The number of ketones is 1. The fourth-order valence-electron chi connectivity index (χ4n) is 2.41. The third-order valence-electron chi connectivity index (χ3n) is 3.33. The third-order valence-corrected chi connectivity index (χ3v) is 4.13. The largest absolute Gasteiger partial charge is 0.507 e. The third kappa shape index (κ3) is 1.66. The molecule has 1 N–H and O–H groups in total. The van der Waals surface area contributed by atoms with Gasteiger partial charge in [0, 0.05) is 18.0 Å². The van der Waals surface area contributed by atoms with E-state index in [9.17, 15) is 9.90 Å². The van der Waals surface area contributed by atoms with Crippen molar-refractivity contribution in [1.29, 1.82) is 0 Å². The van der Waals surface area contributed by atoms with Crippen molar-refractivity contribution in [3.05, 3.63) is 46.5 Å². The lowest BCUT2D eigenvalue weighted by atomic mass is 9.87. The van der Waals surface area contributed by atoms with Gasteiger partial charge in [0.05, 0.1) is 16.8 Å². The summed E-state index contributed by atoms with van der Waals surface area (Å²) in [6, 6.07) is 3.21. The van der Waals surface area contributed by atoms with E-state index in [2.05, 4.69) is 20.9 Å². The molecule has 1 aliphatic rings. The van der Waals surface area contributed by atoms with Crippen LogP contribution in [0, 0.1) is 0 Å². The van der Waals surface area contributed by atoms with Gasteiger partial charge in [-0.3, -0.25) is 4.79 Å². The minimum atomic E-state index is -0.224. The smallest absolute Gasteiger partial charge is 0.187 e. The Bertz CT molecular complexity index is 608. The van der Waals surface area contributed by atoms with Crippen LogP contribution in [-0.2, 0) is 6.42 Å². The first-order valence-corrected chi connectivity index (χ1v) is 6.50. The molecule has 92 valence electrons. The highest BCUT2D eigenvalue weighted by Crippen LogP contribution is 2.37. The van der Waals surface area contributed by atoms with E-state index in [-0.39, 0.29) is 17.6 Å². The Morgan fingerprint density at radius 1 is 1.44 bits per heavy atom. The number of benzene rings is 1. The molecule has 1 heterocycles. The summed E-state index contributed by atoms with van der Waals surface area (Å²) in [5.41, 5.74) is 1.58. The Kier molecular flexibility index (Phi) is 2.70. The molecule has 2 aromatic rings. The number of aromatic nitrogens is 2. The maximum Gasteiger partial charge on any atom is 0.187 e. The van der Waals surface area contributed by atoms with E-state index in [0.717, 1.165) is 18.4 Å². The molecule has 0 aliphatic heterocycles. The molecule has 18 heavy (non-hydrogen) atoms. The second-order valence-corrected chi connectivity index (χ2v) is 5.15. The molecule has 0 saturated carbocycles. The summed E-state index contributed by atoms with van der Waals surface area (Å²) in [6.07, 6.45) is 6.71. The number of hydrogen-bond acceptors (Lipinski definition) is 3. The van der Waals surface area contributed by atoms with Gasteiger partial charge < -0.3 is 9.67 Å². The van der Waals surface area contributed by atoms with Crippen LogP contribution in [0.15, 0.2) is 35.3 Å². The number of aryl methyl sites for hydroxylation is 1. The lowest BCUT2D eigenvalue weighted by Gasteiger charge is -2.25. The van der Waals surface area contributed by atoms with Gasteiger partial charge in [-0.15, -0.1) is 0 Å². The van der Waals surface area contributed by atoms with Crippen LogP contribution in [0.4, 0.5) is 0 Å². The second-order valence-electron chi connectivity index (χ2n) is 4.36. The summed E-state index contributed by atoms with van der Waals surface area (Å²) in [4.78, 5) is 16.5. The highest BCUT2D eigenvalue weighted by atomic mass is 79.9. The molecular formula is C13H11BrN2O2. The first kappa shape index (κ1) is 11.5. The highest BCUT2D eigenvalue weighted by Gasteiger charge is 2.31. The number of aromatic hydroxyl groups is 1. The van der Waals surface area contributed by atoms with Crippen molar-refractivity contribution in [2.24, 2.45) is 0 Å². The maximum atomic E-state index is 12.5. The Balaban J connectivity index is 2.09. The van der Waals surface area contributed by atoms with Gasteiger partial charge in [-0.25, -0.2) is 4.98 Å². The Labute approximate surface area is 112 Å². The number of phenols is 1. The highest BCUT2D eigenvalue weighted by molar-refractivity contribution is 9.10. The molecule has 1 unspecified atom stereocenters. The van der Waals surface area contributed by atoms with Gasteiger partial charge in [0.1, 0.15) is 5.75 Å². The van der Waals surface area contributed by atoms with Crippen molar-refractivity contribution >= 4 is 21.7 Å². The fraction of sp³-hybridized carbons (Fsp3) is 0.231. The first-order chi connectivity index (χ1) is 8.68. The van der Waals surface area contributed by atoms with Crippen molar-refractivity contribution in [3.63, 3.8) is 0 Å². The lowest BCUT2D eigenvalue weighted by Crippen LogP contribution is -2.25. The molecule has 0 radical (unpaired) electrons. The number of phenolic OH excluding ortho intramolecular Hbond substituents is 1. The standard InChI is InChI=1S/C13H11BrN2O2/c14-12-10(17)4-2-8-1-3-9(13(18)11(8)12)16-6-5-15-7-16/h2,4-7,9,17H,1,3H2. The summed E-state index contributed by atoms with van der Waals surface area (Å²) in [7, 11) is 0. The number of nitrogens with zero attached hydrogens (tertiary/aromatic N) is 2. The average Bonchev–Trinajstić information content (AvgIpc) is 2.87. The van der Waals surface area contributed by atoms with Crippen LogP contribution in [-0.4, -0.2) is 20.4 Å². The number of imidazole rings is 1. The number of rotatable bonds is 1. The molecular weight excluding hydrogens is 296 g/mol. The fourth-order valence-corrected chi connectivity index (χ4v) is 2.99. The van der Waals surface area contributed by atoms with Crippen LogP contribution >= 0.6 is 15.9 Å². The van der Waals surface area contributed by atoms with E-state index in [0.29, 0.717) is 10.0 Å². The van der Waals surface area contributed by atoms with Gasteiger partial charge in [0.15, 0.2) is 5.78 Å². The zero-order chi connectivity index (χ0) is 12.7. The molecule has 5 heteroatoms. The predicted octanol–water partition coefficient (Wildman–Crippen LogP) is 2.72. The summed E-state index contributed by atoms with van der Waals surface area (Å²) < 4.78 is 2.32. The number of hydrogen-bond donors (Lipinski definition) is 1. The van der Waals surface area contributed by atoms with Gasteiger partial charge in [0.2, 0.25) is 0 Å². The number of fused-ring (bicyclic) bond motifs is 1. The number of Topliss-reactive ketones (excluding diaryl/α,β-unsaturated/α-hetero) is 1. The molecule has 0 amide bonds. The molecule has 4 nitrogen and oxygen atoms in total. The monoisotopic (exact) mass is 306 g/mol. The summed E-state index contributed by atoms with van der Waals surface area (Å²) in [6.45, 7) is 0. The molecule has 1 aromatic carbocycles. The lowest BCUT2D eigenvalue weighted by molar-refractivity contribution is 0.0907. The average molecular weight is 307 g/mol. The minimum absolute atomic E-state index is 0.0250. The zero-order valence-electron chi connectivity index (χ0n) is 9.51. The molecule has 0 saturated heterocycles. The maximum absolute atomic E-state index is 12.5. The van der Waals surface area contributed by atoms with Crippen molar-refractivity contribution in [3.8, 4) is 5.75 Å². The molecule has 0 bridgehead atoms. The van der Waals surface area contributed by atoms with Crippen LogP contribution < -0.4 is 0 Å². The van der Waals surface area contributed by atoms with Gasteiger partial charge in [-0.05, 0) is 40.4 Å². The molecule has 0 spiro atoms. The summed E-state index contributed by atoms with van der Waals surface area (Å²) >= 11 is 3.30. The first-order valence-electron chi connectivity index (χ1n) is 5.70. The minimum Gasteiger partial charge on any atom is -0.507 e. The summed E-state index contributed by atoms with van der Waals surface area (Å²) in [5.74, 6) is 0.130. The van der Waals surface area contributed by atoms with E-state index in [1.807, 2.05) is 10.6 Å². The molecule has 3 rings (SSSR count). The number of halogens is 1. The number of carbonyl (C=O) groups is 1. The van der Waals surface area contributed by atoms with Crippen LogP contribution in [0.1, 0.15) is 28.4 Å². The van der Waals surface area contributed by atoms with Crippen LogP contribution in [0.5, 0.6) is 5.75 Å². The second kappa shape index (κ2) is 4.24. The van der Waals surface area contributed by atoms with Gasteiger partial charge in [-0.1, -0.05) is 6.07 Å². The molecule has 0 fully saturated rings. The normalized spacial score (nSPS) is 18.7. The van der Waals surface area contributed by atoms with E-state index in [1.54, 1.807) is 24.8 Å². The van der Waals surface area contributed by atoms with Crippen molar-refractivity contribution in [1.82, 2.24) is 9.55 Å². The van der Waals surface area contributed by atoms with Crippen molar-refractivity contribution in [2.75, 3.05) is 0 Å². The zero-order valence-corrected chi connectivity index (χ0v) is 11.1. The molecule has 1 atom stereocenters. The predicted molar refractivity (Wildman–Crippen MR) is 69.7 cm³/mol. The Hall–Kier alpha value is -1.62. The van der Waals surface area contributed by atoms with Crippen LogP contribution in [0.25, 0.3) is 0 Å². The molecule has 1 aliphatic carbocycles. The van der Waals surface area contributed by atoms with Gasteiger partial charge in [0.25, 0.3) is 0 Å². The van der Waals surface area contributed by atoms with E-state index in [1.165, 1.54) is 0 Å². The van der Waals surface area contributed by atoms with Gasteiger partial charge in [-0.2, -0.15) is 0 Å².